The van der Waals surface area contributed by atoms with E-state index in [-0.39, 0.29) is 60.6 Å². The molecule has 1 aromatic heterocycles. The minimum atomic E-state index is -2.64. The molecule has 0 radical (unpaired) electrons. The SMILES string of the molecule is O=C(COc1ccc(Cl)c(F)c1)NC12CC(NC(=O)c3cnc(C4CCC(F)(F)CC4)o3)(C1)C2. The van der Waals surface area contributed by atoms with Crippen LogP contribution >= 0.6 is 11.6 Å². The summed E-state index contributed by atoms with van der Waals surface area (Å²) in [5, 5.41) is 5.83. The van der Waals surface area contributed by atoms with E-state index < -0.39 is 28.7 Å². The third-order valence-corrected chi connectivity index (χ3v) is 7.19. The summed E-state index contributed by atoms with van der Waals surface area (Å²) in [6, 6.07) is 3.94. The average Bonchev–Trinajstić information content (AvgIpc) is 3.22. The van der Waals surface area contributed by atoms with Crippen molar-refractivity contribution in [3.05, 3.63) is 46.9 Å². The molecule has 4 aliphatic carbocycles. The fourth-order valence-electron chi connectivity index (χ4n) is 5.27. The molecule has 1 heterocycles. The van der Waals surface area contributed by atoms with E-state index in [0.29, 0.717) is 25.2 Å². The van der Waals surface area contributed by atoms with Gasteiger partial charge in [0.05, 0.1) is 11.2 Å². The lowest BCUT2D eigenvalue weighted by Crippen LogP contribution is -2.84. The number of alkyl halides is 2. The second-order valence-corrected chi connectivity index (χ2v) is 10.1. The minimum Gasteiger partial charge on any atom is -0.484 e. The van der Waals surface area contributed by atoms with E-state index in [2.05, 4.69) is 15.6 Å². The predicted molar refractivity (Wildman–Crippen MR) is 114 cm³/mol. The quantitative estimate of drug-likeness (QED) is 0.593. The maximum absolute atomic E-state index is 13.5. The molecular weight excluding hydrogens is 475 g/mol. The van der Waals surface area contributed by atoms with Crippen molar-refractivity contribution in [2.45, 2.75) is 67.9 Å². The zero-order chi connectivity index (χ0) is 24.1. The van der Waals surface area contributed by atoms with E-state index in [1.807, 2.05) is 0 Å². The van der Waals surface area contributed by atoms with Crippen LogP contribution in [-0.4, -0.2) is 40.4 Å². The fourth-order valence-corrected chi connectivity index (χ4v) is 5.39. The van der Waals surface area contributed by atoms with E-state index in [1.165, 1.54) is 18.3 Å². The van der Waals surface area contributed by atoms with Gasteiger partial charge in [-0.15, -0.1) is 0 Å². The largest absolute Gasteiger partial charge is 0.484 e. The van der Waals surface area contributed by atoms with Gasteiger partial charge in [0.1, 0.15) is 11.6 Å². The summed E-state index contributed by atoms with van der Waals surface area (Å²) in [5.41, 5.74) is -0.802. The molecule has 4 aliphatic rings. The molecule has 11 heteroatoms. The maximum Gasteiger partial charge on any atom is 0.289 e. The van der Waals surface area contributed by atoms with Crippen molar-refractivity contribution in [3.63, 3.8) is 0 Å². The number of amides is 2. The van der Waals surface area contributed by atoms with Crippen molar-refractivity contribution >= 4 is 23.4 Å². The summed E-state index contributed by atoms with van der Waals surface area (Å²) >= 11 is 5.62. The Labute approximate surface area is 198 Å². The Balaban J connectivity index is 1.07. The third kappa shape index (κ3) is 4.47. The second kappa shape index (κ2) is 8.18. The van der Waals surface area contributed by atoms with Crippen molar-refractivity contribution in [2.75, 3.05) is 6.61 Å². The van der Waals surface area contributed by atoms with Crippen LogP contribution in [0.4, 0.5) is 13.2 Å². The molecule has 0 saturated heterocycles. The molecule has 1 aromatic carbocycles. The molecule has 6 rings (SSSR count). The lowest BCUT2D eigenvalue weighted by atomic mass is 9.44. The molecule has 0 aliphatic heterocycles. The molecule has 34 heavy (non-hydrogen) atoms. The Morgan fingerprint density at radius 2 is 1.82 bits per heavy atom. The number of nitrogens with one attached hydrogen (secondary N) is 2. The zero-order valence-electron chi connectivity index (χ0n) is 18.1. The maximum atomic E-state index is 13.5. The number of rotatable bonds is 7. The van der Waals surface area contributed by atoms with Gasteiger partial charge < -0.3 is 19.8 Å². The van der Waals surface area contributed by atoms with Crippen LogP contribution in [0.2, 0.25) is 5.02 Å². The minimum absolute atomic E-state index is 0.0294. The number of nitrogens with zero attached hydrogens (tertiary/aromatic N) is 1. The highest BCUT2D eigenvalue weighted by atomic mass is 35.5. The molecule has 2 amide bonds. The van der Waals surface area contributed by atoms with Crippen molar-refractivity contribution in [1.82, 2.24) is 15.6 Å². The smallest absolute Gasteiger partial charge is 0.289 e. The summed E-state index contributed by atoms with van der Waals surface area (Å²) in [4.78, 5) is 29.0. The van der Waals surface area contributed by atoms with Crippen LogP contribution in [0.5, 0.6) is 5.75 Å². The van der Waals surface area contributed by atoms with E-state index in [9.17, 15) is 22.8 Å². The lowest BCUT2D eigenvalue weighted by molar-refractivity contribution is -0.141. The number of oxazole rings is 1. The first-order valence-corrected chi connectivity index (χ1v) is 11.5. The highest BCUT2D eigenvalue weighted by molar-refractivity contribution is 6.30. The van der Waals surface area contributed by atoms with Gasteiger partial charge in [0.25, 0.3) is 11.8 Å². The van der Waals surface area contributed by atoms with Crippen molar-refractivity contribution < 1.29 is 31.9 Å². The number of carbonyl (C=O) groups is 2. The van der Waals surface area contributed by atoms with Gasteiger partial charge in [-0.1, -0.05) is 11.6 Å². The Morgan fingerprint density at radius 3 is 2.50 bits per heavy atom. The number of ether oxygens (including phenoxy) is 1. The summed E-state index contributed by atoms with van der Waals surface area (Å²) in [6.07, 6.45) is 3.19. The van der Waals surface area contributed by atoms with E-state index in [0.717, 1.165) is 6.07 Å². The Morgan fingerprint density at radius 1 is 1.15 bits per heavy atom. The zero-order valence-corrected chi connectivity index (χ0v) is 18.9. The van der Waals surface area contributed by atoms with Gasteiger partial charge in [-0.25, -0.2) is 18.2 Å². The Bertz CT molecular complexity index is 1110. The van der Waals surface area contributed by atoms with Crippen LogP contribution in [0.25, 0.3) is 0 Å². The van der Waals surface area contributed by atoms with Crippen LogP contribution in [0.15, 0.2) is 28.8 Å². The van der Waals surface area contributed by atoms with E-state index in [1.54, 1.807) is 0 Å². The number of carbonyl (C=O) groups excluding carboxylic acids is 2. The molecule has 4 saturated carbocycles. The van der Waals surface area contributed by atoms with Gasteiger partial charge in [0, 0.05) is 35.9 Å². The van der Waals surface area contributed by atoms with E-state index >= 15 is 0 Å². The first kappa shape index (κ1) is 23.0. The molecule has 4 fully saturated rings. The summed E-state index contributed by atoms with van der Waals surface area (Å²) in [5.74, 6) is -3.65. The topological polar surface area (TPSA) is 93.5 Å². The molecule has 0 unspecified atom stereocenters. The van der Waals surface area contributed by atoms with Crippen LogP contribution in [0.1, 0.15) is 67.3 Å². The summed E-state index contributed by atoms with van der Waals surface area (Å²) < 4.78 is 51.0. The number of aromatic nitrogens is 1. The number of hydrogen-bond donors (Lipinski definition) is 2. The van der Waals surface area contributed by atoms with Crippen LogP contribution in [0, 0.1) is 5.82 Å². The highest BCUT2D eigenvalue weighted by Gasteiger charge is 2.69. The molecular formula is C23H23ClF3N3O4. The van der Waals surface area contributed by atoms with E-state index in [4.69, 9.17) is 20.8 Å². The predicted octanol–water partition coefficient (Wildman–Crippen LogP) is 4.36. The molecule has 0 spiro atoms. The average molecular weight is 498 g/mol. The van der Waals surface area contributed by atoms with Crippen molar-refractivity contribution in [1.29, 1.82) is 0 Å². The van der Waals surface area contributed by atoms with Crippen LogP contribution in [0.3, 0.4) is 0 Å². The normalized spacial score (nSPS) is 27.3. The third-order valence-electron chi connectivity index (χ3n) is 6.89. The summed E-state index contributed by atoms with van der Waals surface area (Å²) in [7, 11) is 0. The first-order chi connectivity index (χ1) is 16.1. The first-order valence-electron chi connectivity index (χ1n) is 11.1. The van der Waals surface area contributed by atoms with Gasteiger partial charge in [0.2, 0.25) is 11.7 Å². The molecule has 2 aromatic rings. The van der Waals surface area contributed by atoms with Crippen molar-refractivity contribution in [3.8, 4) is 5.75 Å². The molecule has 2 bridgehead atoms. The summed E-state index contributed by atoms with van der Waals surface area (Å²) in [6.45, 7) is -0.268. The standard InChI is InChI=1S/C23H23ClF3N3O4/c24-15-2-1-14(7-16(15)25)33-9-18(31)29-21-10-22(11-21,12-21)30-19(32)17-8-28-20(34-17)13-3-5-23(26,27)6-4-13/h1-2,7-8,13H,3-6,9-12H2,(H,29,31)(H,30,32). The van der Waals surface area contributed by atoms with Crippen molar-refractivity contribution in [2.24, 2.45) is 0 Å². The second-order valence-electron chi connectivity index (χ2n) is 9.65. The Kier molecular flexibility index (Phi) is 5.54. The van der Waals surface area contributed by atoms with Gasteiger partial charge in [-0.3, -0.25) is 9.59 Å². The molecule has 0 atom stereocenters. The number of hydrogen-bond acceptors (Lipinski definition) is 5. The number of halogens is 4. The van der Waals surface area contributed by atoms with Gasteiger partial charge in [-0.05, 0) is 44.2 Å². The van der Waals surface area contributed by atoms with Crippen LogP contribution in [-0.2, 0) is 4.79 Å². The fraction of sp³-hybridized carbons (Fsp3) is 0.522. The highest BCUT2D eigenvalue weighted by Crippen LogP contribution is 2.60. The lowest BCUT2D eigenvalue weighted by Gasteiger charge is -2.70. The molecule has 7 nitrogen and oxygen atoms in total. The molecule has 182 valence electrons. The molecule has 2 N–H and O–H groups in total. The Hall–Kier alpha value is -2.75. The van der Waals surface area contributed by atoms with Gasteiger partial charge >= 0.3 is 0 Å². The monoisotopic (exact) mass is 497 g/mol. The number of benzene rings is 1. The van der Waals surface area contributed by atoms with Crippen LogP contribution < -0.4 is 15.4 Å². The van der Waals surface area contributed by atoms with Gasteiger partial charge in [0.15, 0.2) is 12.5 Å². The van der Waals surface area contributed by atoms with Gasteiger partial charge in [-0.2, -0.15) is 0 Å².